The Kier molecular flexibility index (Phi) is 2.95. The molecule has 0 aliphatic heterocycles. The Morgan fingerprint density at radius 2 is 2.07 bits per heavy atom. The summed E-state index contributed by atoms with van der Waals surface area (Å²) in [7, 11) is 0.995. The monoisotopic (exact) mass is 249 g/mol. The summed E-state index contributed by atoms with van der Waals surface area (Å²) < 4.78 is 22.1. The first-order valence-electron chi connectivity index (χ1n) is 3.27. The molecule has 0 aliphatic rings. The predicted octanol–water partition coefficient (Wildman–Crippen LogP) is 1.48. The van der Waals surface area contributed by atoms with Crippen LogP contribution in [0.5, 0.6) is 5.75 Å². The van der Waals surface area contributed by atoms with Gasteiger partial charge in [0.25, 0.3) is 9.05 Å². The third-order valence-corrected chi connectivity index (χ3v) is 3.45. The van der Waals surface area contributed by atoms with Crippen molar-refractivity contribution in [2.75, 3.05) is 0 Å². The molecule has 0 saturated heterocycles. The van der Waals surface area contributed by atoms with Crippen LogP contribution in [0.15, 0.2) is 21.9 Å². The van der Waals surface area contributed by atoms with Gasteiger partial charge in [-0.15, -0.1) is 12.6 Å². The number of benzene rings is 1. The first-order valence-corrected chi connectivity index (χ1v) is 6.03. The van der Waals surface area contributed by atoms with Crippen LogP contribution in [0.4, 0.5) is 0 Å². The average molecular weight is 250 g/mol. The van der Waals surface area contributed by atoms with E-state index >= 15 is 0 Å². The molecule has 0 saturated carbocycles. The zero-order valence-corrected chi connectivity index (χ0v) is 9.07. The van der Waals surface area contributed by atoms with E-state index < -0.39 is 13.9 Å². The van der Waals surface area contributed by atoms with Gasteiger partial charge >= 0.3 is 0 Å². The number of phenolic OH excluding ortho intramolecular Hbond substituents is 1. The zero-order valence-electron chi connectivity index (χ0n) is 6.60. The molecule has 74 valence electrons. The highest BCUT2D eigenvalue weighted by Gasteiger charge is 2.21. The van der Waals surface area contributed by atoms with E-state index in [4.69, 9.17) is 15.9 Å². The summed E-state index contributed by atoms with van der Waals surface area (Å²) >= 11 is 3.76. The summed E-state index contributed by atoms with van der Waals surface area (Å²) in [6.07, 6.45) is 0. The lowest BCUT2D eigenvalue weighted by atomic mass is 10.2. The summed E-state index contributed by atoms with van der Waals surface area (Å²) in [4.78, 5) is -0.691. The molecular weight excluding hydrogens is 246 g/mol. The highest BCUT2D eigenvalue weighted by atomic mass is 35.7. The van der Waals surface area contributed by atoms with Crippen LogP contribution in [0.3, 0.4) is 0 Å². The van der Waals surface area contributed by atoms with Gasteiger partial charge in [0.1, 0.15) is 16.7 Å². The van der Waals surface area contributed by atoms with Crippen LogP contribution in [0.1, 0.15) is 5.56 Å². The maximum Gasteiger partial charge on any atom is 0.263 e. The molecule has 0 spiro atoms. The van der Waals surface area contributed by atoms with E-state index in [2.05, 4.69) is 12.6 Å². The largest absolute Gasteiger partial charge is 0.507 e. The molecule has 7 heteroatoms. The summed E-state index contributed by atoms with van der Waals surface area (Å²) in [5.41, 5.74) is -0.150. The Balaban J connectivity index is 3.72. The Morgan fingerprint density at radius 3 is 2.50 bits per heavy atom. The normalized spacial score (nSPS) is 10.9. The van der Waals surface area contributed by atoms with Crippen molar-refractivity contribution in [1.82, 2.24) is 0 Å². The molecule has 14 heavy (non-hydrogen) atoms. The van der Waals surface area contributed by atoms with Crippen molar-refractivity contribution in [2.45, 2.75) is 9.79 Å². The minimum absolute atomic E-state index is 0.150. The molecule has 0 aliphatic carbocycles. The Labute approximate surface area is 90.6 Å². The first kappa shape index (κ1) is 11.2. The fraction of sp³-hybridized carbons (Fsp3) is 0. The summed E-state index contributed by atoms with van der Waals surface area (Å²) in [5, 5.41) is 17.8. The van der Waals surface area contributed by atoms with Crippen molar-refractivity contribution in [1.29, 1.82) is 5.26 Å². The van der Waals surface area contributed by atoms with E-state index in [0.717, 1.165) is 6.07 Å². The van der Waals surface area contributed by atoms with Crippen molar-refractivity contribution in [3.63, 3.8) is 0 Å². The van der Waals surface area contributed by atoms with Gasteiger partial charge in [0, 0.05) is 10.7 Å². The average Bonchev–Trinajstić information content (AvgIpc) is 2.07. The minimum atomic E-state index is -4.09. The lowest BCUT2D eigenvalue weighted by Gasteiger charge is -2.04. The second kappa shape index (κ2) is 3.69. The third kappa shape index (κ3) is 1.95. The molecule has 0 heterocycles. The second-order valence-electron chi connectivity index (χ2n) is 2.36. The first-order chi connectivity index (χ1) is 6.38. The number of thiol groups is 1. The van der Waals surface area contributed by atoms with Gasteiger partial charge in [-0.1, -0.05) is 0 Å². The molecule has 0 unspecified atom stereocenters. The number of nitrogens with zero attached hydrogens (tertiary/aromatic N) is 1. The second-order valence-corrected chi connectivity index (χ2v) is 5.31. The SMILES string of the molecule is N#Cc1ccc(O)c(S)c1S(=O)(=O)Cl. The molecule has 0 radical (unpaired) electrons. The van der Waals surface area contributed by atoms with Crippen LogP contribution in [-0.4, -0.2) is 13.5 Å². The number of aromatic hydroxyl groups is 1. The summed E-state index contributed by atoms with van der Waals surface area (Å²) in [6, 6.07) is 3.98. The number of nitriles is 1. The Bertz CT molecular complexity index is 518. The number of phenols is 1. The third-order valence-electron chi connectivity index (χ3n) is 1.47. The van der Waals surface area contributed by atoms with Crippen molar-refractivity contribution >= 4 is 32.4 Å². The topological polar surface area (TPSA) is 78.2 Å². The molecule has 4 nitrogen and oxygen atoms in total. The van der Waals surface area contributed by atoms with E-state index in [1.54, 1.807) is 6.07 Å². The summed E-state index contributed by atoms with van der Waals surface area (Å²) in [5.74, 6) is -0.341. The number of rotatable bonds is 1. The van der Waals surface area contributed by atoms with Gasteiger partial charge in [-0.2, -0.15) is 5.26 Å². The summed E-state index contributed by atoms with van der Waals surface area (Å²) in [6.45, 7) is 0. The maximum absolute atomic E-state index is 11.0. The predicted molar refractivity (Wildman–Crippen MR) is 53.1 cm³/mol. The Hall–Kier alpha value is -0.900. The van der Waals surface area contributed by atoms with Gasteiger partial charge in [-0.25, -0.2) is 8.42 Å². The van der Waals surface area contributed by atoms with Crippen molar-refractivity contribution in [2.24, 2.45) is 0 Å². The van der Waals surface area contributed by atoms with Crippen LogP contribution >= 0.6 is 23.3 Å². The maximum atomic E-state index is 11.0. The zero-order chi connectivity index (χ0) is 10.9. The molecule has 1 aromatic rings. The fourth-order valence-corrected chi connectivity index (χ4v) is 2.81. The van der Waals surface area contributed by atoms with Gasteiger partial charge in [-0.05, 0) is 12.1 Å². The molecule has 0 bridgehead atoms. The van der Waals surface area contributed by atoms with E-state index in [0.29, 0.717) is 0 Å². The molecule has 1 N–H and O–H groups in total. The quantitative estimate of drug-likeness (QED) is 0.584. The van der Waals surface area contributed by atoms with Crippen molar-refractivity contribution in [3.8, 4) is 11.8 Å². The fourth-order valence-electron chi connectivity index (χ4n) is 0.896. The molecule has 0 amide bonds. The minimum Gasteiger partial charge on any atom is -0.507 e. The lowest BCUT2D eigenvalue weighted by molar-refractivity contribution is 0.458. The van der Waals surface area contributed by atoms with Crippen LogP contribution in [0, 0.1) is 11.3 Å². The highest BCUT2D eigenvalue weighted by molar-refractivity contribution is 8.14. The van der Waals surface area contributed by atoms with Gasteiger partial charge in [-0.3, -0.25) is 0 Å². The molecule has 0 atom stereocenters. The molecular formula is C7H4ClNO3S2. The van der Waals surface area contributed by atoms with E-state index in [1.807, 2.05) is 0 Å². The molecule has 0 fully saturated rings. The van der Waals surface area contributed by atoms with Crippen LogP contribution in [0.25, 0.3) is 0 Å². The molecule has 1 rings (SSSR count). The smallest absolute Gasteiger partial charge is 0.263 e. The van der Waals surface area contributed by atoms with E-state index in [9.17, 15) is 13.5 Å². The van der Waals surface area contributed by atoms with Crippen molar-refractivity contribution < 1.29 is 13.5 Å². The number of halogens is 1. The van der Waals surface area contributed by atoms with Gasteiger partial charge in [0.15, 0.2) is 0 Å². The van der Waals surface area contributed by atoms with Gasteiger partial charge in [0.05, 0.1) is 10.5 Å². The van der Waals surface area contributed by atoms with E-state index in [1.165, 1.54) is 6.07 Å². The highest BCUT2D eigenvalue weighted by Crippen LogP contribution is 2.33. The number of hydrogen-bond acceptors (Lipinski definition) is 5. The van der Waals surface area contributed by atoms with Crippen LogP contribution in [-0.2, 0) is 9.05 Å². The van der Waals surface area contributed by atoms with Crippen LogP contribution < -0.4 is 0 Å². The Morgan fingerprint density at radius 1 is 1.50 bits per heavy atom. The molecule has 1 aromatic carbocycles. The van der Waals surface area contributed by atoms with Gasteiger partial charge in [0.2, 0.25) is 0 Å². The lowest BCUT2D eigenvalue weighted by Crippen LogP contribution is -1.97. The van der Waals surface area contributed by atoms with Crippen molar-refractivity contribution in [3.05, 3.63) is 17.7 Å². The van der Waals surface area contributed by atoms with E-state index in [-0.39, 0.29) is 16.2 Å². The van der Waals surface area contributed by atoms with Gasteiger partial charge < -0.3 is 5.11 Å². The van der Waals surface area contributed by atoms with Crippen LogP contribution in [0.2, 0.25) is 0 Å². The standard InChI is InChI=1S/C7H4ClNO3S2/c8-14(11,12)7-4(3-9)1-2-5(10)6(7)13/h1-2,10,13H. The molecule has 0 aromatic heterocycles. The number of hydrogen-bond donors (Lipinski definition) is 2.